The minimum Gasteiger partial charge on any atom is -0.343 e. The molecule has 0 unspecified atom stereocenters. The van der Waals surface area contributed by atoms with E-state index in [1.807, 2.05) is 31.2 Å². The Balaban J connectivity index is 1.49. The SMILES string of the molecule is Cc1ccc(-n2nc(C(=O)NCc3nc(-c4ccc(Br)cc4)n[nH]3)ccc2=O)cc1Cl. The summed E-state index contributed by atoms with van der Waals surface area (Å²) in [5, 5.41) is 14.4. The smallest absolute Gasteiger partial charge is 0.272 e. The van der Waals surface area contributed by atoms with Crippen molar-refractivity contribution < 1.29 is 4.79 Å². The number of aromatic amines is 1. The van der Waals surface area contributed by atoms with Gasteiger partial charge in [-0.2, -0.15) is 14.9 Å². The van der Waals surface area contributed by atoms with Crippen LogP contribution in [0, 0.1) is 6.92 Å². The Hall–Kier alpha value is -3.30. The van der Waals surface area contributed by atoms with Crippen LogP contribution in [0.25, 0.3) is 17.1 Å². The quantitative estimate of drug-likeness (QED) is 0.436. The van der Waals surface area contributed by atoms with Gasteiger partial charge >= 0.3 is 0 Å². The van der Waals surface area contributed by atoms with Crippen LogP contribution in [0.4, 0.5) is 0 Å². The van der Waals surface area contributed by atoms with E-state index in [9.17, 15) is 9.59 Å². The minimum absolute atomic E-state index is 0.0870. The Morgan fingerprint density at radius 2 is 1.94 bits per heavy atom. The van der Waals surface area contributed by atoms with Gasteiger partial charge in [0.2, 0.25) is 0 Å². The normalized spacial score (nSPS) is 10.8. The van der Waals surface area contributed by atoms with E-state index in [0.29, 0.717) is 22.4 Å². The highest BCUT2D eigenvalue weighted by Gasteiger charge is 2.13. The first-order chi connectivity index (χ1) is 14.9. The summed E-state index contributed by atoms with van der Waals surface area (Å²) in [6, 6.07) is 15.4. The van der Waals surface area contributed by atoms with Gasteiger partial charge in [-0.25, -0.2) is 4.98 Å². The van der Waals surface area contributed by atoms with Crippen LogP contribution in [-0.2, 0) is 6.54 Å². The van der Waals surface area contributed by atoms with Gasteiger partial charge in [0, 0.05) is 21.1 Å². The number of H-pyrrole nitrogens is 1. The summed E-state index contributed by atoms with van der Waals surface area (Å²) >= 11 is 9.54. The maximum absolute atomic E-state index is 12.6. The molecular formula is C21H16BrClN6O2. The van der Waals surface area contributed by atoms with Crippen molar-refractivity contribution in [2.24, 2.45) is 0 Å². The number of rotatable bonds is 5. The molecule has 8 nitrogen and oxygen atoms in total. The highest BCUT2D eigenvalue weighted by Crippen LogP contribution is 2.19. The number of benzene rings is 2. The van der Waals surface area contributed by atoms with Gasteiger partial charge in [0.1, 0.15) is 11.5 Å². The van der Waals surface area contributed by atoms with E-state index in [1.165, 1.54) is 12.1 Å². The van der Waals surface area contributed by atoms with Crippen molar-refractivity contribution in [2.75, 3.05) is 0 Å². The van der Waals surface area contributed by atoms with Crippen molar-refractivity contribution in [1.29, 1.82) is 0 Å². The van der Waals surface area contributed by atoms with E-state index < -0.39 is 5.91 Å². The lowest BCUT2D eigenvalue weighted by atomic mass is 10.2. The van der Waals surface area contributed by atoms with Crippen molar-refractivity contribution >= 4 is 33.4 Å². The van der Waals surface area contributed by atoms with Crippen molar-refractivity contribution in [3.63, 3.8) is 0 Å². The number of aromatic nitrogens is 5. The number of hydrogen-bond acceptors (Lipinski definition) is 5. The molecule has 0 atom stereocenters. The summed E-state index contributed by atoms with van der Waals surface area (Å²) in [5.74, 6) is 0.568. The van der Waals surface area contributed by atoms with Crippen LogP contribution in [0.1, 0.15) is 21.9 Å². The summed E-state index contributed by atoms with van der Waals surface area (Å²) in [4.78, 5) is 29.2. The zero-order chi connectivity index (χ0) is 22.0. The predicted octanol–water partition coefficient (Wildman–Crippen LogP) is 3.67. The first-order valence-electron chi connectivity index (χ1n) is 9.23. The zero-order valence-electron chi connectivity index (χ0n) is 16.3. The van der Waals surface area contributed by atoms with Crippen LogP contribution in [0.2, 0.25) is 5.02 Å². The van der Waals surface area contributed by atoms with Crippen LogP contribution in [0.3, 0.4) is 0 Å². The van der Waals surface area contributed by atoms with E-state index in [0.717, 1.165) is 20.3 Å². The number of nitrogens with one attached hydrogen (secondary N) is 2. The monoisotopic (exact) mass is 498 g/mol. The fourth-order valence-corrected chi connectivity index (χ4v) is 3.23. The Kier molecular flexibility index (Phi) is 5.97. The largest absolute Gasteiger partial charge is 0.343 e. The Morgan fingerprint density at radius 1 is 1.16 bits per heavy atom. The topological polar surface area (TPSA) is 106 Å². The number of hydrogen-bond donors (Lipinski definition) is 2. The molecule has 2 heterocycles. The summed E-state index contributed by atoms with van der Waals surface area (Å²) in [6.45, 7) is 1.98. The van der Waals surface area contributed by atoms with Crippen LogP contribution in [-0.4, -0.2) is 30.9 Å². The molecule has 2 aromatic heterocycles. The average Bonchev–Trinajstić information content (AvgIpc) is 3.24. The summed E-state index contributed by atoms with van der Waals surface area (Å²) in [7, 11) is 0. The van der Waals surface area contributed by atoms with Gasteiger partial charge in [0.25, 0.3) is 11.5 Å². The molecule has 0 radical (unpaired) electrons. The number of nitrogens with zero attached hydrogens (tertiary/aromatic N) is 4. The third-order valence-corrected chi connectivity index (χ3v) is 5.42. The number of aryl methyl sites for hydroxylation is 1. The molecular weight excluding hydrogens is 484 g/mol. The van der Waals surface area contributed by atoms with Crippen LogP contribution < -0.4 is 10.9 Å². The molecule has 0 aliphatic carbocycles. The van der Waals surface area contributed by atoms with Crippen LogP contribution >= 0.6 is 27.5 Å². The maximum atomic E-state index is 12.6. The van der Waals surface area contributed by atoms with E-state index >= 15 is 0 Å². The molecule has 2 aromatic carbocycles. The molecule has 0 spiro atoms. The molecule has 0 aliphatic rings. The summed E-state index contributed by atoms with van der Waals surface area (Å²) in [5.41, 5.74) is 1.92. The highest BCUT2D eigenvalue weighted by atomic mass is 79.9. The van der Waals surface area contributed by atoms with Crippen molar-refractivity contribution in [3.05, 3.63) is 91.5 Å². The standard InChI is InChI=1S/C21H16BrClN6O2/c1-12-2-7-15(10-16(12)23)29-19(30)9-8-17(28-29)21(31)24-11-18-25-20(27-26-18)13-3-5-14(22)6-4-13/h2-10H,11H2,1H3,(H,24,31)(H,25,26,27). The highest BCUT2D eigenvalue weighted by molar-refractivity contribution is 9.10. The summed E-state index contributed by atoms with van der Waals surface area (Å²) in [6.07, 6.45) is 0. The second kappa shape index (κ2) is 8.83. The molecule has 156 valence electrons. The third kappa shape index (κ3) is 4.73. The molecule has 1 amide bonds. The molecule has 0 bridgehead atoms. The fraction of sp³-hybridized carbons (Fsp3) is 0.0952. The molecule has 0 saturated carbocycles. The van der Waals surface area contributed by atoms with Gasteiger partial charge < -0.3 is 5.32 Å². The predicted molar refractivity (Wildman–Crippen MR) is 120 cm³/mol. The first kappa shape index (κ1) is 21.0. The molecule has 10 heteroatoms. The number of amides is 1. The Labute approximate surface area is 190 Å². The van der Waals surface area contributed by atoms with Crippen molar-refractivity contribution in [3.8, 4) is 17.1 Å². The summed E-state index contributed by atoms with van der Waals surface area (Å²) < 4.78 is 2.10. The fourth-order valence-electron chi connectivity index (χ4n) is 2.79. The van der Waals surface area contributed by atoms with Crippen molar-refractivity contribution in [1.82, 2.24) is 30.3 Å². The Morgan fingerprint density at radius 3 is 2.68 bits per heavy atom. The van der Waals surface area contributed by atoms with Crippen LogP contribution in [0.5, 0.6) is 0 Å². The second-order valence-electron chi connectivity index (χ2n) is 6.70. The van der Waals surface area contributed by atoms with Gasteiger partial charge in [0.05, 0.1) is 12.2 Å². The average molecular weight is 500 g/mol. The zero-order valence-corrected chi connectivity index (χ0v) is 18.6. The van der Waals surface area contributed by atoms with Crippen molar-refractivity contribution in [2.45, 2.75) is 13.5 Å². The van der Waals surface area contributed by atoms with Gasteiger partial charge in [-0.05, 0) is 42.8 Å². The second-order valence-corrected chi connectivity index (χ2v) is 8.02. The van der Waals surface area contributed by atoms with E-state index in [2.05, 4.69) is 41.5 Å². The lowest BCUT2D eigenvalue weighted by molar-refractivity contribution is 0.0943. The molecule has 0 aliphatic heterocycles. The maximum Gasteiger partial charge on any atom is 0.272 e. The molecule has 4 aromatic rings. The van der Waals surface area contributed by atoms with E-state index in [4.69, 9.17) is 11.6 Å². The van der Waals surface area contributed by atoms with Crippen LogP contribution in [0.15, 0.2) is 63.9 Å². The molecule has 0 fully saturated rings. The van der Waals surface area contributed by atoms with Gasteiger partial charge in [-0.1, -0.05) is 45.7 Å². The minimum atomic E-state index is -0.450. The van der Waals surface area contributed by atoms with E-state index in [1.54, 1.807) is 18.2 Å². The first-order valence-corrected chi connectivity index (χ1v) is 10.4. The van der Waals surface area contributed by atoms with Gasteiger partial charge in [0.15, 0.2) is 5.82 Å². The number of carbonyl (C=O) groups is 1. The molecule has 2 N–H and O–H groups in total. The number of halogens is 2. The lowest BCUT2D eigenvalue weighted by Crippen LogP contribution is -2.29. The molecule has 31 heavy (non-hydrogen) atoms. The molecule has 0 saturated heterocycles. The third-order valence-electron chi connectivity index (χ3n) is 4.48. The molecule has 4 rings (SSSR count). The Bertz CT molecular complexity index is 1320. The van der Waals surface area contributed by atoms with Gasteiger partial charge in [-0.3, -0.25) is 14.7 Å². The lowest BCUT2D eigenvalue weighted by Gasteiger charge is -2.08. The van der Waals surface area contributed by atoms with Gasteiger partial charge in [-0.15, -0.1) is 0 Å². The van der Waals surface area contributed by atoms with E-state index in [-0.39, 0.29) is 17.8 Å². The number of carbonyl (C=O) groups excluding carboxylic acids is 1.